The first-order valence-electron chi connectivity index (χ1n) is 5.98. The molecule has 0 saturated carbocycles. The normalized spacial score (nSPS) is 10.4. The predicted molar refractivity (Wildman–Crippen MR) is 79.3 cm³/mol. The third-order valence-corrected chi connectivity index (χ3v) is 2.98. The summed E-state index contributed by atoms with van der Waals surface area (Å²) in [7, 11) is 0. The second-order valence-corrected chi connectivity index (χ2v) is 4.64. The molecule has 100 valence electrons. The summed E-state index contributed by atoms with van der Waals surface area (Å²) in [6, 6.07) is 12.1. The van der Waals surface area contributed by atoms with Crippen molar-refractivity contribution < 1.29 is 4.79 Å². The van der Waals surface area contributed by atoms with Gasteiger partial charge in [-0.15, -0.1) is 0 Å². The van der Waals surface area contributed by atoms with Gasteiger partial charge < -0.3 is 10.6 Å². The molecule has 2 heterocycles. The summed E-state index contributed by atoms with van der Waals surface area (Å²) in [4.78, 5) is 11.9. The number of hydrogen-bond acceptors (Lipinski definition) is 2. The lowest BCUT2D eigenvalue weighted by molar-refractivity contribution is 0.262. The quantitative estimate of drug-likeness (QED) is 0.756. The van der Waals surface area contributed by atoms with Crippen molar-refractivity contribution in [1.29, 1.82) is 0 Å². The van der Waals surface area contributed by atoms with E-state index in [1.165, 1.54) is 0 Å². The molecule has 3 rings (SSSR count). The second kappa shape index (κ2) is 5.22. The fourth-order valence-electron chi connectivity index (χ4n) is 1.86. The summed E-state index contributed by atoms with van der Waals surface area (Å²) in [5, 5.41) is 10.1. The Labute approximate surface area is 120 Å². The molecule has 2 amide bonds. The van der Waals surface area contributed by atoms with Crippen molar-refractivity contribution in [1.82, 2.24) is 9.61 Å². The molecule has 6 heteroatoms. The second-order valence-electron chi connectivity index (χ2n) is 4.21. The van der Waals surface area contributed by atoms with Crippen molar-refractivity contribution in [3.8, 4) is 0 Å². The Morgan fingerprint density at radius 1 is 1.10 bits per heavy atom. The van der Waals surface area contributed by atoms with E-state index in [1.54, 1.807) is 47.2 Å². The van der Waals surface area contributed by atoms with Gasteiger partial charge in [0.25, 0.3) is 0 Å². The van der Waals surface area contributed by atoms with E-state index >= 15 is 0 Å². The summed E-state index contributed by atoms with van der Waals surface area (Å²) < 4.78 is 1.72. The van der Waals surface area contributed by atoms with Crippen LogP contribution in [0.15, 0.2) is 54.9 Å². The molecule has 0 radical (unpaired) electrons. The SMILES string of the molecule is O=C(Nc1cccc(Cl)c1)Nc1ccn2nccc2c1. The molecular formula is C14H11ClN4O. The number of nitrogens with one attached hydrogen (secondary N) is 2. The van der Waals surface area contributed by atoms with E-state index in [2.05, 4.69) is 15.7 Å². The maximum absolute atomic E-state index is 11.9. The van der Waals surface area contributed by atoms with E-state index in [4.69, 9.17) is 11.6 Å². The van der Waals surface area contributed by atoms with Crippen molar-refractivity contribution in [2.24, 2.45) is 0 Å². The summed E-state index contributed by atoms with van der Waals surface area (Å²) in [6.07, 6.45) is 3.48. The molecule has 0 bridgehead atoms. The fourth-order valence-corrected chi connectivity index (χ4v) is 2.05. The van der Waals surface area contributed by atoms with Crippen LogP contribution in [0.1, 0.15) is 0 Å². The Balaban J connectivity index is 1.72. The molecular weight excluding hydrogens is 276 g/mol. The molecule has 5 nitrogen and oxygen atoms in total. The Morgan fingerprint density at radius 2 is 1.90 bits per heavy atom. The number of aromatic nitrogens is 2. The number of fused-ring (bicyclic) bond motifs is 1. The fraction of sp³-hybridized carbons (Fsp3) is 0. The topological polar surface area (TPSA) is 58.4 Å². The van der Waals surface area contributed by atoms with Crippen LogP contribution in [0.3, 0.4) is 0 Å². The van der Waals surface area contributed by atoms with Crippen molar-refractivity contribution in [2.75, 3.05) is 10.6 Å². The zero-order chi connectivity index (χ0) is 13.9. The first-order chi connectivity index (χ1) is 9.70. The lowest BCUT2D eigenvalue weighted by Gasteiger charge is -2.08. The molecule has 0 saturated heterocycles. The Hall–Kier alpha value is -2.53. The summed E-state index contributed by atoms with van der Waals surface area (Å²) in [5.74, 6) is 0. The number of urea groups is 1. The van der Waals surface area contributed by atoms with Crippen LogP contribution in [0.4, 0.5) is 16.2 Å². The number of pyridine rings is 1. The average molecular weight is 287 g/mol. The highest BCUT2D eigenvalue weighted by atomic mass is 35.5. The van der Waals surface area contributed by atoms with Gasteiger partial charge in [-0.25, -0.2) is 9.31 Å². The van der Waals surface area contributed by atoms with Gasteiger partial charge >= 0.3 is 6.03 Å². The van der Waals surface area contributed by atoms with E-state index in [0.717, 1.165) is 5.52 Å². The zero-order valence-electron chi connectivity index (χ0n) is 10.4. The number of halogens is 1. The van der Waals surface area contributed by atoms with E-state index in [0.29, 0.717) is 16.4 Å². The Bertz CT molecular complexity index is 768. The number of anilines is 2. The molecule has 0 aliphatic heterocycles. The van der Waals surface area contributed by atoms with E-state index in [9.17, 15) is 4.79 Å². The molecule has 20 heavy (non-hydrogen) atoms. The molecule has 2 aromatic heterocycles. The maximum Gasteiger partial charge on any atom is 0.323 e. The molecule has 2 N–H and O–H groups in total. The minimum absolute atomic E-state index is 0.323. The molecule has 0 fully saturated rings. The predicted octanol–water partition coefficient (Wildman–Crippen LogP) is 3.63. The van der Waals surface area contributed by atoms with Crippen molar-refractivity contribution in [3.63, 3.8) is 0 Å². The van der Waals surface area contributed by atoms with Gasteiger partial charge in [-0.05, 0) is 36.4 Å². The molecule has 0 aliphatic rings. The molecule has 0 unspecified atom stereocenters. The van der Waals surface area contributed by atoms with Gasteiger partial charge in [0.1, 0.15) is 0 Å². The monoisotopic (exact) mass is 286 g/mol. The van der Waals surface area contributed by atoms with E-state index in [1.807, 2.05) is 12.1 Å². The third kappa shape index (κ3) is 2.73. The van der Waals surface area contributed by atoms with Crippen LogP contribution in [0.2, 0.25) is 5.02 Å². The van der Waals surface area contributed by atoms with Crippen LogP contribution in [-0.4, -0.2) is 15.6 Å². The molecule has 0 atom stereocenters. The highest BCUT2D eigenvalue weighted by Gasteiger charge is 2.04. The molecule has 0 spiro atoms. The number of rotatable bonds is 2. The minimum atomic E-state index is -0.323. The van der Waals surface area contributed by atoms with Crippen LogP contribution in [0.5, 0.6) is 0 Å². The van der Waals surface area contributed by atoms with Gasteiger partial charge in [0.05, 0.1) is 5.52 Å². The van der Waals surface area contributed by atoms with Gasteiger partial charge in [0.2, 0.25) is 0 Å². The number of hydrogen-bond donors (Lipinski definition) is 2. The molecule has 0 aliphatic carbocycles. The van der Waals surface area contributed by atoms with Crippen molar-refractivity contribution in [2.45, 2.75) is 0 Å². The van der Waals surface area contributed by atoms with E-state index < -0.39 is 0 Å². The Kier molecular flexibility index (Phi) is 3.26. The van der Waals surface area contributed by atoms with Crippen LogP contribution < -0.4 is 10.6 Å². The smallest absolute Gasteiger partial charge is 0.308 e. The summed E-state index contributed by atoms with van der Waals surface area (Å²) in [5.41, 5.74) is 2.24. The van der Waals surface area contributed by atoms with Crippen molar-refractivity contribution in [3.05, 3.63) is 59.9 Å². The molecule has 1 aromatic carbocycles. The van der Waals surface area contributed by atoms with Gasteiger partial charge in [0.15, 0.2) is 0 Å². The number of carbonyl (C=O) groups is 1. The van der Waals surface area contributed by atoms with Gasteiger partial charge in [0, 0.05) is 28.8 Å². The lowest BCUT2D eigenvalue weighted by Crippen LogP contribution is -2.19. The number of amides is 2. The molecule has 3 aromatic rings. The summed E-state index contributed by atoms with van der Waals surface area (Å²) in [6.45, 7) is 0. The number of carbonyl (C=O) groups excluding carboxylic acids is 1. The number of nitrogens with zero attached hydrogens (tertiary/aromatic N) is 2. The summed E-state index contributed by atoms with van der Waals surface area (Å²) >= 11 is 5.86. The highest BCUT2D eigenvalue weighted by molar-refractivity contribution is 6.30. The van der Waals surface area contributed by atoms with Crippen LogP contribution in [0.25, 0.3) is 5.52 Å². The van der Waals surface area contributed by atoms with Gasteiger partial charge in [-0.2, -0.15) is 5.10 Å². The average Bonchev–Trinajstić information content (AvgIpc) is 2.86. The maximum atomic E-state index is 11.9. The van der Waals surface area contributed by atoms with Gasteiger partial charge in [-0.1, -0.05) is 17.7 Å². The minimum Gasteiger partial charge on any atom is -0.308 e. The van der Waals surface area contributed by atoms with E-state index in [-0.39, 0.29) is 6.03 Å². The largest absolute Gasteiger partial charge is 0.323 e. The van der Waals surface area contributed by atoms with Crippen molar-refractivity contribution >= 4 is 34.5 Å². The van der Waals surface area contributed by atoms with Gasteiger partial charge in [-0.3, -0.25) is 0 Å². The first kappa shape index (κ1) is 12.5. The van der Waals surface area contributed by atoms with Crippen LogP contribution in [0, 0.1) is 0 Å². The number of benzene rings is 1. The highest BCUT2D eigenvalue weighted by Crippen LogP contribution is 2.16. The zero-order valence-corrected chi connectivity index (χ0v) is 11.1. The van der Waals surface area contributed by atoms with Crippen LogP contribution >= 0.6 is 11.6 Å². The lowest BCUT2D eigenvalue weighted by atomic mass is 10.3. The first-order valence-corrected chi connectivity index (χ1v) is 6.35. The van der Waals surface area contributed by atoms with Crippen LogP contribution in [-0.2, 0) is 0 Å². The third-order valence-electron chi connectivity index (χ3n) is 2.74. The Morgan fingerprint density at radius 3 is 2.70 bits per heavy atom. The standard InChI is InChI=1S/C14H11ClN4O/c15-10-2-1-3-11(8-10)17-14(20)18-12-5-7-19-13(9-12)4-6-16-19/h1-9H,(H2,17,18,20).